The highest BCUT2D eigenvalue weighted by Crippen LogP contribution is 2.35. The Labute approximate surface area is 163 Å². The molecule has 1 aliphatic heterocycles. The zero-order valence-electron chi connectivity index (χ0n) is 15.8. The van der Waals surface area contributed by atoms with Crippen LogP contribution in [0, 0.1) is 6.92 Å². The van der Waals surface area contributed by atoms with E-state index in [0.717, 1.165) is 18.5 Å². The number of Topliss-reactive ketones (excluding diaryl/α,β-unsaturated/α-hetero) is 1. The maximum Gasteiger partial charge on any atom is 0.254 e. The van der Waals surface area contributed by atoms with Crippen LogP contribution in [0.15, 0.2) is 46.1 Å². The predicted molar refractivity (Wildman–Crippen MR) is 103 cm³/mol. The van der Waals surface area contributed by atoms with Crippen molar-refractivity contribution >= 4 is 15.8 Å². The maximum absolute atomic E-state index is 12.7. The van der Waals surface area contributed by atoms with Gasteiger partial charge in [0.1, 0.15) is 11.9 Å². The van der Waals surface area contributed by atoms with E-state index in [2.05, 4.69) is 0 Å². The van der Waals surface area contributed by atoms with Crippen molar-refractivity contribution in [3.05, 3.63) is 58.0 Å². The fourth-order valence-corrected chi connectivity index (χ4v) is 4.99. The minimum absolute atomic E-state index is 0.0812. The minimum atomic E-state index is -3.67. The van der Waals surface area contributed by atoms with Crippen LogP contribution in [0.25, 0.3) is 0 Å². The number of aryl methyl sites for hydroxylation is 1. The zero-order valence-corrected chi connectivity index (χ0v) is 16.6. The SMILES string of the molecule is CC(=O)c1cccc(S(=O)(=O)N2CC(Oc3cc(C)n(C4CC4)c(=O)c3)C2)c1. The number of nitrogens with zero attached hydrogens (tertiary/aromatic N) is 2. The third-order valence-corrected chi connectivity index (χ3v) is 6.97. The Kier molecular flexibility index (Phi) is 4.63. The predicted octanol–water partition coefficient (Wildman–Crippen LogP) is 2.15. The Morgan fingerprint density at radius 1 is 1.14 bits per heavy atom. The summed E-state index contributed by atoms with van der Waals surface area (Å²) in [5, 5.41) is 0. The molecule has 4 rings (SSSR count). The highest BCUT2D eigenvalue weighted by atomic mass is 32.2. The van der Waals surface area contributed by atoms with Crippen LogP contribution in [0.2, 0.25) is 0 Å². The summed E-state index contributed by atoms with van der Waals surface area (Å²) in [6.45, 7) is 3.69. The van der Waals surface area contributed by atoms with Gasteiger partial charge in [-0.1, -0.05) is 12.1 Å². The molecule has 2 aliphatic rings. The van der Waals surface area contributed by atoms with Gasteiger partial charge in [0.25, 0.3) is 5.56 Å². The lowest BCUT2D eigenvalue weighted by molar-refractivity contribution is 0.0758. The van der Waals surface area contributed by atoms with E-state index in [4.69, 9.17) is 4.74 Å². The number of benzene rings is 1. The number of rotatable bonds is 6. The molecule has 1 aromatic heterocycles. The number of hydrogen-bond acceptors (Lipinski definition) is 5. The van der Waals surface area contributed by atoms with E-state index in [1.807, 2.05) is 13.0 Å². The van der Waals surface area contributed by atoms with Crippen LogP contribution in [-0.4, -0.2) is 42.3 Å². The van der Waals surface area contributed by atoms with Gasteiger partial charge in [-0.15, -0.1) is 0 Å². The molecule has 2 aromatic rings. The number of sulfonamides is 1. The molecule has 1 aromatic carbocycles. The van der Waals surface area contributed by atoms with Crippen molar-refractivity contribution in [2.45, 2.75) is 43.7 Å². The Bertz CT molecular complexity index is 1100. The second kappa shape index (κ2) is 6.86. The second-order valence-corrected chi connectivity index (χ2v) is 9.36. The van der Waals surface area contributed by atoms with Crippen molar-refractivity contribution in [1.82, 2.24) is 8.87 Å². The molecule has 0 spiro atoms. The van der Waals surface area contributed by atoms with E-state index in [0.29, 0.717) is 17.4 Å². The van der Waals surface area contributed by atoms with Crippen LogP contribution >= 0.6 is 0 Å². The lowest BCUT2D eigenvalue weighted by Gasteiger charge is -2.37. The van der Waals surface area contributed by atoms with Crippen molar-refractivity contribution in [1.29, 1.82) is 0 Å². The largest absolute Gasteiger partial charge is 0.487 e. The number of pyridine rings is 1. The molecule has 0 atom stereocenters. The van der Waals surface area contributed by atoms with Crippen LogP contribution in [0.4, 0.5) is 0 Å². The van der Waals surface area contributed by atoms with Gasteiger partial charge >= 0.3 is 0 Å². The molecule has 1 saturated heterocycles. The number of carbonyl (C=O) groups is 1. The van der Waals surface area contributed by atoms with Crippen molar-refractivity contribution in [2.24, 2.45) is 0 Å². The molecule has 1 saturated carbocycles. The van der Waals surface area contributed by atoms with Gasteiger partial charge in [-0.25, -0.2) is 8.42 Å². The Hall–Kier alpha value is -2.45. The average Bonchev–Trinajstić information content (AvgIpc) is 3.42. The van der Waals surface area contributed by atoms with Gasteiger partial charge in [0.05, 0.1) is 18.0 Å². The standard InChI is InChI=1S/C20H22N2O5S/c1-13-8-17(10-20(24)22(13)16-6-7-16)27-18-11-21(12-18)28(25,26)19-5-3-4-15(9-19)14(2)23/h3-5,8-10,16,18H,6-7,11-12H2,1-2H3. The minimum Gasteiger partial charge on any atom is -0.487 e. The Morgan fingerprint density at radius 2 is 1.86 bits per heavy atom. The van der Waals surface area contributed by atoms with Gasteiger partial charge in [-0.3, -0.25) is 9.59 Å². The lowest BCUT2D eigenvalue weighted by atomic mass is 10.2. The first-order valence-corrected chi connectivity index (χ1v) is 10.7. The quantitative estimate of drug-likeness (QED) is 0.691. The monoisotopic (exact) mass is 402 g/mol. The van der Waals surface area contributed by atoms with E-state index >= 15 is 0 Å². The molecule has 28 heavy (non-hydrogen) atoms. The van der Waals surface area contributed by atoms with Gasteiger partial charge in [0.15, 0.2) is 5.78 Å². The maximum atomic E-state index is 12.7. The number of hydrogen-bond donors (Lipinski definition) is 0. The summed E-state index contributed by atoms with van der Waals surface area (Å²) < 4.78 is 34.4. The molecule has 0 N–H and O–H groups in total. The Balaban J connectivity index is 1.44. The van der Waals surface area contributed by atoms with Crippen LogP contribution < -0.4 is 10.3 Å². The lowest BCUT2D eigenvalue weighted by Crippen LogP contribution is -2.56. The number of aromatic nitrogens is 1. The van der Waals surface area contributed by atoms with Gasteiger partial charge in [0, 0.05) is 23.4 Å². The van der Waals surface area contributed by atoms with E-state index in [1.165, 1.54) is 29.4 Å². The third kappa shape index (κ3) is 3.49. The number of ketones is 1. The van der Waals surface area contributed by atoms with Crippen molar-refractivity contribution in [3.63, 3.8) is 0 Å². The van der Waals surface area contributed by atoms with Crippen LogP contribution in [0.5, 0.6) is 5.75 Å². The fourth-order valence-electron chi connectivity index (χ4n) is 3.44. The Morgan fingerprint density at radius 3 is 2.46 bits per heavy atom. The molecular formula is C20H22N2O5S. The van der Waals surface area contributed by atoms with E-state index in [1.54, 1.807) is 16.7 Å². The summed E-state index contributed by atoms with van der Waals surface area (Å²) in [4.78, 5) is 23.9. The first-order valence-electron chi connectivity index (χ1n) is 9.27. The molecule has 2 heterocycles. The number of ether oxygens (including phenoxy) is 1. The first-order chi connectivity index (χ1) is 13.3. The van der Waals surface area contributed by atoms with Crippen molar-refractivity contribution < 1.29 is 17.9 Å². The molecule has 1 aliphatic carbocycles. The van der Waals surface area contributed by atoms with Gasteiger partial charge < -0.3 is 9.30 Å². The smallest absolute Gasteiger partial charge is 0.254 e. The van der Waals surface area contributed by atoms with Gasteiger partial charge in [-0.2, -0.15) is 4.31 Å². The second-order valence-electron chi connectivity index (χ2n) is 7.42. The summed E-state index contributed by atoms with van der Waals surface area (Å²) in [5.74, 6) is 0.290. The highest BCUT2D eigenvalue weighted by Gasteiger charge is 2.38. The third-order valence-electron chi connectivity index (χ3n) is 5.14. The zero-order chi connectivity index (χ0) is 20.1. The molecular weight excluding hydrogens is 380 g/mol. The molecule has 0 radical (unpaired) electrons. The molecule has 0 unspecified atom stereocenters. The normalized spacial score (nSPS) is 17.9. The van der Waals surface area contributed by atoms with Crippen molar-refractivity contribution in [2.75, 3.05) is 13.1 Å². The topological polar surface area (TPSA) is 85.7 Å². The summed E-state index contributed by atoms with van der Waals surface area (Å²) >= 11 is 0. The molecule has 148 valence electrons. The van der Waals surface area contributed by atoms with Crippen LogP contribution in [-0.2, 0) is 10.0 Å². The van der Waals surface area contributed by atoms with Crippen LogP contribution in [0.1, 0.15) is 41.9 Å². The molecule has 2 fully saturated rings. The van der Waals surface area contributed by atoms with E-state index in [9.17, 15) is 18.0 Å². The van der Waals surface area contributed by atoms with Gasteiger partial charge in [0.2, 0.25) is 10.0 Å². The van der Waals surface area contributed by atoms with E-state index in [-0.39, 0.29) is 35.4 Å². The number of carbonyl (C=O) groups excluding carboxylic acids is 1. The fraction of sp³-hybridized carbons (Fsp3) is 0.400. The summed E-state index contributed by atoms with van der Waals surface area (Å²) in [5.41, 5.74) is 1.14. The van der Waals surface area contributed by atoms with E-state index < -0.39 is 10.0 Å². The van der Waals surface area contributed by atoms with Crippen LogP contribution in [0.3, 0.4) is 0 Å². The summed E-state index contributed by atoms with van der Waals surface area (Å²) in [7, 11) is -3.67. The molecule has 8 heteroatoms. The van der Waals surface area contributed by atoms with Gasteiger partial charge in [-0.05, 0) is 44.9 Å². The van der Waals surface area contributed by atoms with Crippen molar-refractivity contribution in [3.8, 4) is 5.75 Å². The summed E-state index contributed by atoms with van der Waals surface area (Å²) in [6, 6.07) is 9.64. The molecule has 0 bridgehead atoms. The highest BCUT2D eigenvalue weighted by molar-refractivity contribution is 7.89. The molecule has 0 amide bonds. The average molecular weight is 402 g/mol. The molecule has 7 nitrogen and oxygen atoms in total. The summed E-state index contributed by atoms with van der Waals surface area (Å²) in [6.07, 6.45) is 1.75. The first kappa shape index (κ1) is 18.9.